The fourth-order valence-electron chi connectivity index (χ4n) is 2.82. The van der Waals surface area contributed by atoms with Gasteiger partial charge in [0.15, 0.2) is 0 Å². The zero-order valence-electron chi connectivity index (χ0n) is 11.7. The van der Waals surface area contributed by atoms with E-state index in [0.29, 0.717) is 17.6 Å². The van der Waals surface area contributed by atoms with E-state index in [0.717, 1.165) is 12.5 Å². The molecule has 0 aromatic carbocycles. The number of hydrogen-bond donors (Lipinski definition) is 1. The SMILES string of the molecule is CNC1C(OCCCC(C)C)CCC1(C)C. The molecule has 2 nitrogen and oxygen atoms in total. The molecular formula is C14H29NO. The third-order valence-electron chi connectivity index (χ3n) is 3.86. The fraction of sp³-hybridized carbons (Fsp3) is 1.00. The fourth-order valence-corrected chi connectivity index (χ4v) is 2.82. The lowest BCUT2D eigenvalue weighted by molar-refractivity contribution is 0.0259. The summed E-state index contributed by atoms with van der Waals surface area (Å²) in [6.45, 7) is 10.2. The Labute approximate surface area is 101 Å². The first kappa shape index (κ1) is 14.0. The molecule has 1 aliphatic rings. The van der Waals surface area contributed by atoms with Gasteiger partial charge in [-0.3, -0.25) is 0 Å². The largest absolute Gasteiger partial charge is 0.377 e. The van der Waals surface area contributed by atoms with E-state index in [4.69, 9.17) is 4.74 Å². The summed E-state index contributed by atoms with van der Waals surface area (Å²) < 4.78 is 6.03. The van der Waals surface area contributed by atoms with Crippen LogP contribution in [0.4, 0.5) is 0 Å². The number of likely N-dealkylation sites (N-methyl/N-ethyl adjacent to an activating group) is 1. The van der Waals surface area contributed by atoms with Gasteiger partial charge < -0.3 is 10.1 Å². The summed E-state index contributed by atoms with van der Waals surface area (Å²) >= 11 is 0. The van der Waals surface area contributed by atoms with Crippen LogP contribution in [0.25, 0.3) is 0 Å². The highest BCUT2D eigenvalue weighted by Gasteiger charge is 2.41. The predicted molar refractivity (Wildman–Crippen MR) is 69.7 cm³/mol. The van der Waals surface area contributed by atoms with Gasteiger partial charge in [0.1, 0.15) is 0 Å². The van der Waals surface area contributed by atoms with Gasteiger partial charge in [-0.15, -0.1) is 0 Å². The van der Waals surface area contributed by atoms with Gasteiger partial charge in [0.25, 0.3) is 0 Å². The molecule has 0 bridgehead atoms. The second kappa shape index (κ2) is 6.02. The van der Waals surface area contributed by atoms with Crippen molar-refractivity contribution in [3.8, 4) is 0 Å². The lowest BCUT2D eigenvalue weighted by Gasteiger charge is -2.30. The van der Waals surface area contributed by atoms with E-state index in [1.165, 1.54) is 25.7 Å². The van der Waals surface area contributed by atoms with Crippen LogP contribution in [0.1, 0.15) is 53.4 Å². The number of nitrogens with one attached hydrogen (secondary N) is 1. The first-order valence-corrected chi connectivity index (χ1v) is 6.76. The number of hydrogen-bond acceptors (Lipinski definition) is 2. The van der Waals surface area contributed by atoms with Crippen LogP contribution in [0.3, 0.4) is 0 Å². The third-order valence-corrected chi connectivity index (χ3v) is 3.86. The van der Waals surface area contributed by atoms with Gasteiger partial charge in [0.2, 0.25) is 0 Å². The highest BCUT2D eigenvalue weighted by atomic mass is 16.5. The normalized spacial score (nSPS) is 28.9. The molecule has 1 fully saturated rings. The predicted octanol–water partition coefficient (Wildman–Crippen LogP) is 3.22. The Morgan fingerprint density at radius 3 is 2.62 bits per heavy atom. The van der Waals surface area contributed by atoms with Gasteiger partial charge in [0, 0.05) is 12.6 Å². The summed E-state index contributed by atoms with van der Waals surface area (Å²) in [4.78, 5) is 0. The van der Waals surface area contributed by atoms with E-state index in [9.17, 15) is 0 Å². The lowest BCUT2D eigenvalue weighted by atomic mass is 9.87. The van der Waals surface area contributed by atoms with Crippen molar-refractivity contribution in [2.75, 3.05) is 13.7 Å². The molecule has 1 aliphatic carbocycles. The van der Waals surface area contributed by atoms with Crippen LogP contribution >= 0.6 is 0 Å². The van der Waals surface area contributed by atoms with E-state index >= 15 is 0 Å². The summed E-state index contributed by atoms with van der Waals surface area (Å²) in [5, 5.41) is 3.43. The maximum absolute atomic E-state index is 6.03. The van der Waals surface area contributed by atoms with Crippen LogP contribution in [-0.2, 0) is 4.74 Å². The first-order chi connectivity index (χ1) is 7.47. The van der Waals surface area contributed by atoms with Gasteiger partial charge in [-0.25, -0.2) is 0 Å². The molecule has 16 heavy (non-hydrogen) atoms. The molecule has 96 valence electrons. The van der Waals surface area contributed by atoms with Crippen molar-refractivity contribution in [2.45, 2.75) is 65.5 Å². The molecular weight excluding hydrogens is 198 g/mol. The van der Waals surface area contributed by atoms with Gasteiger partial charge in [-0.1, -0.05) is 27.7 Å². The summed E-state index contributed by atoms with van der Waals surface area (Å²) in [7, 11) is 2.06. The Balaban J connectivity index is 2.27. The topological polar surface area (TPSA) is 21.3 Å². The van der Waals surface area contributed by atoms with E-state index in [1.54, 1.807) is 0 Å². The second-order valence-corrected chi connectivity index (χ2v) is 6.24. The van der Waals surface area contributed by atoms with Gasteiger partial charge >= 0.3 is 0 Å². The number of rotatable bonds is 6. The minimum atomic E-state index is 0.386. The Bertz CT molecular complexity index is 201. The molecule has 1 saturated carbocycles. The molecule has 1 N–H and O–H groups in total. The van der Waals surface area contributed by atoms with Crippen molar-refractivity contribution >= 4 is 0 Å². The molecule has 1 rings (SSSR count). The summed E-state index contributed by atoms with van der Waals surface area (Å²) in [6.07, 6.45) is 5.38. The summed E-state index contributed by atoms with van der Waals surface area (Å²) in [5.74, 6) is 0.795. The highest BCUT2D eigenvalue weighted by molar-refractivity contribution is 4.96. The Morgan fingerprint density at radius 2 is 2.06 bits per heavy atom. The van der Waals surface area contributed by atoms with Crippen molar-refractivity contribution in [1.29, 1.82) is 0 Å². The van der Waals surface area contributed by atoms with Crippen LogP contribution in [0.2, 0.25) is 0 Å². The van der Waals surface area contributed by atoms with Crippen molar-refractivity contribution in [3.63, 3.8) is 0 Å². The van der Waals surface area contributed by atoms with E-state index < -0.39 is 0 Å². The molecule has 0 aromatic heterocycles. The molecule has 0 aromatic rings. The minimum absolute atomic E-state index is 0.386. The molecule has 0 heterocycles. The van der Waals surface area contributed by atoms with E-state index in [-0.39, 0.29) is 0 Å². The van der Waals surface area contributed by atoms with Crippen LogP contribution in [0.5, 0.6) is 0 Å². The van der Waals surface area contributed by atoms with Crippen LogP contribution in [0.15, 0.2) is 0 Å². The molecule has 2 atom stereocenters. The van der Waals surface area contributed by atoms with Crippen molar-refractivity contribution < 1.29 is 4.74 Å². The van der Waals surface area contributed by atoms with E-state index in [2.05, 4.69) is 40.1 Å². The van der Waals surface area contributed by atoms with E-state index in [1.807, 2.05) is 0 Å². The lowest BCUT2D eigenvalue weighted by Crippen LogP contribution is -2.43. The smallest absolute Gasteiger partial charge is 0.0733 e. The van der Waals surface area contributed by atoms with Crippen LogP contribution in [-0.4, -0.2) is 25.8 Å². The molecule has 0 saturated heterocycles. The molecule has 0 spiro atoms. The Morgan fingerprint density at radius 1 is 1.38 bits per heavy atom. The van der Waals surface area contributed by atoms with Crippen LogP contribution < -0.4 is 5.32 Å². The standard InChI is InChI=1S/C14H29NO/c1-11(2)7-6-10-16-12-8-9-14(3,4)13(12)15-5/h11-13,15H,6-10H2,1-5H3. The second-order valence-electron chi connectivity index (χ2n) is 6.24. The maximum Gasteiger partial charge on any atom is 0.0733 e. The first-order valence-electron chi connectivity index (χ1n) is 6.76. The monoisotopic (exact) mass is 227 g/mol. The molecule has 0 amide bonds. The summed E-state index contributed by atoms with van der Waals surface area (Å²) in [5.41, 5.74) is 0.386. The molecule has 0 radical (unpaired) electrons. The summed E-state index contributed by atoms with van der Waals surface area (Å²) in [6, 6.07) is 0.520. The zero-order valence-corrected chi connectivity index (χ0v) is 11.7. The van der Waals surface area contributed by atoms with Crippen molar-refractivity contribution in [1.82, 2.24) is 5.32 Å². The average molecular weight is 227 g/mol. The zero-order chi connectivity index (χ0) is 12.2. The third kappa shape index (κ3) is 3.74. The maximum atomic E-state index is 6.03. The van der Waals surface area contributed by atoms with Gasteiger partial charge in [-0.2, -0.15) is 0 Å². The van der Waals surface area contributed by atoms with Crippen molar-refractivity contribution in [3.05, 3.63) is 0 Å². The molecule has 0 aliphatic heterocycles. The Hall–Kier alpha value is -0.0800. The average Bonchev–Trinajstić information content (AvgIpc) is 2.48. The molecule has 2 unspecified atom stereocenters. The van der Waals surface area contributed by atoms with Crippen LogP contribution in [0, 0.1) is 11.3 Å². The van der Waals surface area contributed by atoms with Gasteiger partial charge in [-0.05, 0) is 44.1 Å². The minimum Gasteiger partial charge on any atom is -0.377 e. The number of ether oxygens (including phenoxy) is 1. The quantitative estimate of drug-likeness (QED) is 0.704. The Kier molecular flexibility index (Phi) is 5.26. The van der Waals surface area contributed by atoms with Crippen molar-refractivity contribution in [2.24, 2.45) is 11.3 Å². The van der Waals surface area contributed by atoms with Gasteiger partial charge in [0.05, 0.1) is 6.10 Å². The highest BCUT2D eigenvalue weighted by Crippen LogP contribution is 2.38. The molecule has 2 heteroatoms.